The molecular weight excluding hydrogens is 1200 g/mol. The van der Waals surface area contributed by atoms with E-state index in [4.69, 9.17) is 56.8 Å². The molecule has 6 saturated heterocycles. The van der Waals surface area contributed by atoms with Crippen LogP contribution in [0.4, 0.5) is 0 Å². The lowest BCUT2D eigenvalue weighted by atomic mass is 9.41. The first kappa shape index (κ1) is 69.8. The van der Waals surface area contributed by atoms with Gasteiger partial charge in [0, 0.05) is 0 Å². The van der Waals surface area contributed by atoms with Crippen molar-refractivity contribution in [3.05, 3.63) is 12.2 Å². The van der Waals surface area contributed by atoms with Crippen LogP contribution in [0.5, 0.6) is 0 Å². The zero-order chi connectivity index (χ0) is 64.7. The van der Waals surface area contributed by atoms with Crippen LogP contribution < -0.4 is 0 Å². The molecule has 4 aliphatic carbocycles. The minimum absolute atomic E-state index is 0.154. The van der Waals surface area contributed by atoms with Gasteiger partial charge in [0.05, 0.1) is 50.7 Å². The van der Waals surface area contributed by atoms with Crippen molar-refractivity contribution in [3.8, 4) is 0 Å². The maximum absolute atomic E-state index is 15.4. The molecule has 33 nitrogen and oxygen atoms in total. The third kappa shape index (κ3) is 12.3. The molecule has 6 aliphatic heterocycles. The molecule has 1 unspecified atom stereocenters. The molecule has 2 bridgehead atoms. The predicted octanol–water partition coefficient (Wildman–Crippen LogP) is -9.47. The molecule has 0 radical (unpaired) electrons. The maximum atomic E-state index is 15.4. The highest BCUT2D eigenvalue weighted by molar-refractivity contribution is 5.77. The first-order valence-corrected chi connectivity index (χ1v) is 30.4. The van der Waals surface area contributed by atoms with E-state index < -0.39 is 258 Å². The van der Waals surface area contributed by atoms with Gasteiger partial charge in [0.2, 0.25) is 6.29 Å². The molecule has 10 rings (SSSR count). The van der Waals surface area contributed by atoms with E-state index in [1.165, 1.54) is 0 Å². The van der Waals surface area contributed by atoms with E-state index in [1.807, 2.05) is 0 Å². The number of carbonyl (C=O) groups excluding carboxylic acids is 1. The molecule has 1 spiro atoms. The van der Waals surface area contributed by atoms with E-state index >= 15 is 4.79 Å². The summed E-state index contributed by atoms with van der Waals surface area (Å²) in [4.78, 5) is 15.4. The highest BCUT2D eigenvalue weighted by Gasteiger charge is 2.70. The number of esters is 1. The van der Waals surface area contributed by atoms with Gasteiger partial charge in [-0.15, -0.1) is 0 Å². The van der Waals surface area contributed by atoms with E-state index in [0.717, 1.165) is 0 Å². The van der Waals surface area contributed by atoms with Crippen LogP contribution in [0.25, 0.3) is 0 Å². The van der Waals surface area contributed by atoms with Crippen molar-refractivity contribution in [1.82, 2.24) is 0 Å². The summed E-state index contributed by atoms with van der Waals surface area (Å²) in [6.45, 7) is 3.03. The number of hydrogen-bond donors (Lipinski definition) is 20. The van der Waals surface area contributed by atoms with Crippen molar-refractivity contribution < 1.29 is 164 Å². The Morgan fingerprint density at radius 3 is 1.18 bits per heavy atom. The summed E-state index contributed by atoms with van der Waals surface area (Å²) in [7, 11) is 0. The topological polar surface area (TPSA) is 532 Å². The number of aliphatic hydroxyl groups excluding tert-OH is 20. The molecular formula is C56H90O33. The zero-order valence-electron chi connectivity index (χ0n) is 49.0. The van der Waals surface area contributed by atoms with Gasteiger partial charge < -0.3 is 159 Å². The highest BCUT2D eigenvalue weighted by Crippen LogP contribution is 2.74. The summed E-state index contributed by atoms with van der Waals surface area (Å²) < 4.78 is 72.9. The summed E-state index contributed by atoms with van der Waals surface area (Å²) >= 11 is 0. The second-order valence-electron chi connectivity index (χ2n) is 26.4. The molecule has 0 aromatic rings. The first-order valence-electron chi connectivity index (χ1n) is 30.4. The van der Waals surface area contributed by atoms with Crippen LogP contribution in [0, 0.1) is 28.1 Å². The van der Waals surface area contributed by atoms with E-state index in [9.17, 15) is 102 Å². The van der Waals surface area contributed by atoms with E-state index in [1.54, 1.807) is 6.92 Å². The molecule has 36 atom stereocenters. The van der Waals surface area contributed by atoms with Crippen LogP contribution in [0.2, 0.25) is 0 Å². The second-order valence-corrected chi connectivity index (χ2v) is 26.4. The Balaban J connectivity index is 0.921. The minimum atomic E-state index is -2.08. The lowest BCUT2D eigenvalue weighted by Gasteiger charge is -2.64. The van der Waals surface area contributed by atoms with Gasteiger partial charge in [0.1, 0.15) is 140 Å². The van der Waals surface area contributed by atoms with Crippen molar-refractivity contribution in [2.45, 2.75) is 261 Å². The van der Waals surface area contributed by atoms with Crippen LogP contribution in [-0.4, -0.2) is 338 Å². The molecule has 0 aromatic carbocycles. The summed E-state index contributed by atoms with van der Waals surface area (Å²) in [6, 6.07) is 0. The van der Waals surface area contributed by atoms with Gasteiger partial charge in [-0.1, -0.05) is 19.9 Å². The van der Waals surface area contributed by atoms with E-state index in [2.05, 4.69) is 13.5 Å². The van der Waals surface area contributed by atoms with E-state index in [0.29, 0.717) is 44.1 Å². The largest absolute Gasteiger partial charge is 0.432 e. The predicted molar refractivity (Wildman–Crippen MR) is 284 cm³/mol. The van der Waals surface area contributed by atoms with Gasteiger partial charge in [-0.05, 0) is 86.5 Å². The fraction of sp³-hybridized carbons (Fsp3) is 0.946. The molecule has 10 fully saturated rings. The number of ether oxygens (including phenoxy) is 12. The Kier molecular flexibility index (Phi) is 21.4. The summed E-state index contributed by atoms with van der Waals surface area (Å²) in [5.74, 6) is -1.44. The number of aliphatic hydroxyl groups is 20. The number of fused-ring (bicyclic) bond motifs is 3. The summed E-state index contributed by atoms with van der Waals surface area (Å²) in [6.07, 6.45) is -51.9. The Bertz CT molecular complexity index is 2390. The average Bonchev–Trinajstić information content (AvgIpc) is 1.62. The lowest BCUT2D eigenvalue weighted by molar-refractivity contribution is -0.400. The van der Waals surface area contributed by atoms with Crippen LogP contribution in [0.1, 0.15) is 71.6 Å². The molecule has 6 heterocycles. The molecule has 512 valence electrons. The van der Waals surface area contributed by atoms with Crippen molar-refractivity contribution in [1.29, 1.82) is 0 Å². The minimum Gasteiger partial charge on any atom is -0.432 e. The Morgan fingerprint density at radius 1 is 0.427 bits per heavy atom. The molecule has 33 heteroatoms. The second kappa shape index (κ2) is 27.2. The van der Waals surface area contributed by atoms with Gasteiger partial charge >= 0.3 is 5.97 Å². The van der Waals surface area contributed by atoms with Gasteiger partial charge in [0.25, 0.3) is 0 Å². The van der Waals surface area contributed by atoms with Gasteiger partial charge in [-0.2, -0.15) is 0 Å². The fourth-order valence-electron chi connectivity index (χ4n) is 16.4. The van der Waals surface area contributed by atoms with Crippen molar-refractivity contribution in [3.63, 3.8) is 0 Å². The number of rotatable bonds is 18. The molecule has 10 aliphatic rings. The average molecular weight is 1290 g/mol. The lowest BCUT2D eigenvalue weighted by Crippen LogP contribution is -2.68. The number of carbonyl (C=O) groups is 1. The first-order chi connectivity index (χ1) is 42.1. The van der Waals surface area contributed by atoms with Crippen molar-refractivity contribution >= 4 is 5.97 Å². The zero-order valence-corrected chi connectivity index (χ0v) is 49.0. The Hall–Kier alpha value is -2.03. The van der Waals surface area contributed by atoms with Crippen molar-refractivity contribution in [2.24, 2.45) is 28.1 Å². The smallest absolute Gasteiger partial charge is 0.314 e. The molecule has 4 saturated carbocycles. The van der Waals surface area contributed by atoms with Gasteiger partial charge in [-0.25, -0.2) is 0 Å². The highest BCUT2D eigenvalue weighted by atomic mass is 16.8. The fourth-order valence-corrected chi connectivity index (χ4v) is 16.4. The number of hydrogen-bond acceptors (Lipinski definition) is 33. The monoisotopic (exact) mass is 1290 g/mol. The van der Waals surface area contributed by atoms with Crippen LogP contribution >= 0.6 is 0 Å². The summed E-state index contributed by atoms with van der Waals surface area (Å²) in [5, 5.41) is 215. The Morgan fingerprint density at radius 2 is 0.775 bits per heavy atom. The van der Waals surface area contributed by atoms with Crippen LogP contribution in [0.15, 0.2) is 12.2 Å². The third-order valence-corrected chi connectivity index (χ3v) is 21.3. The molecule has 89 heavy (non-hydrogen) atoms. The Labute approximate surface area is 509 Å². The SMILES string of the molecule is C=C1CC23CC[C@H]4[C@@](C)(CCC[C@@]4(C)C(=O)O[C@@H]4O[C@H](CO)[C@@H](O)[C@H](O[C@@H]5O[C@H](CO)[C@@H](O)[C@H](O)[C@H]5O)[C@H]4O[C@@H]4O[C@H](CO)[C@@H](O)[C@H](O)[C@H]4O)[C@@H]2CC[C@]1(O[C@@H]1O[C@H](CO)[C@@H](O)[C@H](O[C@@H]2O[C@H](CO)[C@@H](O)[C@H](O)[C@H]2O)[C@H]1O[C@@H]1O[C@H](CO)[C@@H](O)[C@H](O)[C@H]1O)C3. The van der Waals surface area contributed by atoms with Crippen LogP contribution in [0.3, 0.4) is 0 Å². The maximum Gasteiger partial charge on any atom is 0.314 e. The molecule has 20 N–H and O–H groups in total. The van der Waals surface area contributed by atoms with Gasteiger partial charge in [0.15, 0.2) is 37.6 Å². The summed E-state index contributed by atoms with van der Waals surface area (Å²) in [5.41, 5.74) is -3.24. The van der Waals surface area contributed by atoms with Gasteiger partial charge in [-0.3, -0.25) is 4.79 Å². The van der Waals surface area contributed by atoms with E-state index in [-0.39, 0.29) is 25.2 Å². The van der Waals surface area contributed by atoms with Crippen molar-refractivity contribution in [2.75, 3.05) is 39.6 Å². The molecule has 0 amide bonds. The standard InChI is InChI=1S/C56H90O33/c1-19-11-55-9-5-26-53(2,7-4-8-54(26,3)52(77)88-50-44(86-48-40(75)36(71)30(65)22(14-59)80-48)42(32(67)24(16-61)82-50)84-46-38(73)34(69)28(63)20(12-57)78-46)27(55)6-10-56(19,18-55)89-51-45(87-49-41(76)37(72)31(66)23(15-60)81-49)43(33(68)25(17-62)83-51)85-47-39(74)35(70)29(64)21(13-58)79-47/h20-51,57-76H,1,4-18H2,2-3H3/t20-,21-,22-,23-,24-,25-,26+,27+,28-,29-,30-,31-,32-,33-,34+,35+,36+,37+,38-,39-,40-,41-,42+,43+,44-,45-,46+,47+,48+,49+,50+,51+,53-,54-,55?,56+/m1/s1. The van der Waals surface area contributed by atoms with Crippen LogP contribution in [-0.2, 0) is 61.6 Å². The quantitative estimate of drug-likeness (QED) is 0.0344. The third-order valence-electron chi connectivity index (χ3n) is 21.3. The molecule has 0 aromatic heterocycles. The normalized spacial score (nSPS) is 54.5.